The number of aromatic nitrogens is 1. The molecule has 0 spiro atoms. The van der Waals surface area contributed by atoms with Crippen molar-refractivity contribution < 1.29 is 21.6 Å². The molecule has 0 atom stereocenters. The van der Waals surface area contributed by atoms with Gasteiger partial charge < -0.3 is 21.6 Å². The second-order valence-electron chi connectivity index (χ2n) is 6.95. The van der Waals surface area contributed by atoms with Gasteiger partial charge in [0.05, 0.1) is 21.1 Å². The van der Waals surface area contributed by atoms with Crippen LogP contribution in [0.4, 0.5) is 5.69 Å². The molecule has 0 amide bonds. The van der Waals surface area contributed by atoms with Crippen molar-refractivity contribution in [3.05, 3.63) is 40.4 Å². The summed E-state index contributed by atoms with van der Waals surface area (Å²) < 4.78 is 6.82. The molecular formula is C18H26ClN5O. The van der Waals surface area contributed by atoms with E-state index in [9.17, 15) is 0 Å². The molecular weight excluding hydrogens is 338 g/mol. The maximum Gasteiger partial charge on any atom is 0.221 e. The van der Waals surface area contributed by atoms with Gasteiger partial charge >= 0.3 is 0 Å². The highest BCUT2D eigenvalue weighted by atomic mass is 35.5. The zero-order valence-electron chi connectivity index (χ0n) is 15.4. The molecule has 2 rings (SSSR count). The van der Waals surface area contributed by atoms with Gasteiger partial charge in [0, 0.05) is 21.7 Å². The zero-order chi connectivity index (χ0) is 17.6. The highest BCUT2D eigenvalue weighted by Gasteiger charge is 2.12. The standard InChI is InChI=1S/C18H26N5O.ClH/c1-5-6-8-14-13-16-15(9-7-10-17(16)21-22-19)18(20-14)24-12-11-23(2,3)4;/h7,9-10,13H,5-6,8,11-12H2,1-4H3;1H/q+1;/p-1. The summed E-state index contributed by atoms with van der Waals surface area (Å²) in [5.41, 5.74) is 10.4. The minimum atomic E-state index is 0. The molecule has 1 aromatic carbocycles. The predicted molar refractivity (Wildman–Crippen MR) is 97.6 cm³/mol. The van der Waals surface area contributed by atoms with E-state index in [1.54, 1.807) is 0 Å². The first-order chi connectivity index (χ1) is 11.4. The van der Waals surface area contributed by atoms with E-state index in [-0.39, 0.29) is 12.4 Å². The number of halogens is 1. The van der Waals surface area contributed by atoms with E-state index in [4.69, 9.17) is 15.3 Å². The average Bonchev–Trinajstić information content (AvgIpc) is 2.52. The van der Waals surface area contributed by atoms with Gasteiger partial charge in [0.25, 0.3) is 0 Å². The topological polar surface area (TPSA) is 70.9 Å². The molecule has 0 N–H and O–H groups in total. The normalized spacial score (nSPS) is 10.9. The monoisotopic (exact) mass is 363 g/mol. The molecule has 1 aromatic heterocycles. The van der Waals surface area contributed by atoms with Crippen molar-refractivity contribution in [2.45, 2.75) is 26.2 Å². The number of fused-ring (bicyclic) bond motifs is 1. The average molecular weight is 364 g/mol. The fourth-order valence-electron chi connectivity index (χ4n) is 2.43. The van der Waals surface area contributed by atoms with Crippen LogP contribution in [0, 0.1) is 0 Å². The van der Waals surface area contributed by atoms with Gasteiger partial charge in [-0.2, -0.15) is 0 Å². The summed E-state index contributed by atoms with van der Waals surface area (Å²) in [6.07, 6.45) is 3.07. The van der Waals surface area contributed by atoms with E-state index in [0.29, 0.717) is 18.2 Å². The first-order valence-corrected chi connectivity index (χ1v) is 8.35. The lowest BCUT2D eigenvalue weighted by Crippen LogP contribution is -3.00. The van der Waals surface area contributed by atoms with Crippen LogP contribution in [-0.2, 0) is 6.42 Å². The lowest BCUT2D eigenvalue weighted by Gasteiger charge is -2.23. The molecule has 6 nitrogen and oxygen atoms in total. The third-order valence-electron chi connectivity index (χ3n) is 3.81. The maximum atomic E-state index is 8.80. The predicted octanol–water partition coefficient (Wildman–Crippen LogP) is 1.61. The van der Waals surface area contributed by atoms with Crippen LogP contribution in [0.15, 0.2) is 29.4 Å². The number of ether oxygens (including phenoxy) is 1. The van der Waals surface area contributed by atoms with E-state index < -0.39 is 0 Å². The summed E-state index contributed by atoms with van der Waals surface area (Å²) in [6.45, 7) is 3.64. The van der Waals surface area contributed by atoms with Gasteiger partial charge in [0.1, 0.15) is 13.2 Å². The van der Waals surface area contributed by atoms with Crippen molar-refractivity contribution in [3.63, 3.8) is 0 Å². The van der Waals surface area contributed by atoms with Crippen LogP contribution in [0.5, 0.6) is 5.88 Å². The number of hydrogen-bond donors (Lipinski definition) is 0. The van der Waals surface area contributed by atoms with E-state index >= 15 is 0 Å². The summed E-state index contributed by atoms with van der Waals surface area (Å²) in [6, 6.07) is 7.67. The van der Waals surface area contributed by atoms with Crippen molar-refractivity contribution in [3.8, 4) is 5.88 Å². The Hall–Kier alpha value is -2.01. The van der Waals surface area contributed by atoms with E-state index in [2.05, 4.69) is 38.1 Å². The fourth-order valence-corrected chi connectivity index (χ4v) is 2.43. The number of nitrogens with zero attached hydrogens (tertiary/aromatic N) is 5. The van der Waals surface area contributed by atoms with E-state index in [0.717, 1.165) is 46.8 Å². The lowest BCUT2D eigenvalue weighted by atomic mass is 10.1. The van der Waals surface area contributed by atoms with Crippen LogP contribution in [0.1, 0.15) is 25.5 Å². The van der Waals surface area contributed by atoms with E-state index in [1.807, 2.05) is 24.3 Å². The summed E-state index contributed by atoms with van der Waals surface area (Å²) in [7, 11) is 6.39. The Balaban J connectivity index is 0.00000312. The molecule has 2 aromatic rings. The van der Waals surface area contributed by atoms with E-state index in [1.165, 1.54) is 0 Å². The molecule has 0 saturated carbocycles. The Morgan fingerprint density at radius 3 is 2.64 bits per heavy atom. The molecule has 0 aliphatic heterocycles. The van der Waals surface area contributed by atoms with Gasteiger partial charge in [-0.05, 0) is 35.9 Å². The fraction of sp³-hybridized carbons (Fsp3) is 0.500. The lowest BCUT2D eigenvalue weighted by molar-refractivity contribution is -0.870. The molecule has 0 fully saturated rings. The highest BCUT2D eigenvalue weighted by Crippen LogP contribution is 2.32. The van der Waals surface area contributed by atoms with Crippen molar-refractivity contribution in [1.29, 1.82) is 0 Å². The summed E-state index contributed by atoms with van der Waals surface area (Å²) in [5.74, 6) is 0.627. The molecule has 25 heavy (non-hydrogen) atoms. The van der Waals surface area contributed by atoms with Crippen molar-refractivity contribution in [2.24, 2.45) is 5.11 Å². The number of azide groups is 1. The Labute approximate surface area is 155 Å². The Morgan fingerprint density at radius 1 is 1.24 bits per heavy atom. The SMILES string of the molecule is CCCCc1cc2c(N=[N+]=[N-])cccc2c(OCC[N+](C)(C)C)n1.[Cl-]. The van der Waals surface area contributed by atoms with Crippen LogP contribution in [0.2, 0.25) is 0 Å². The number of hydrogen-bond acceptors (Lipinski definition) is 3. The second-order valence-corrected chi connectivity index (χ2v) is 6.95. The number of pyridine rings is 1. The molecule has 0 bridgehead atoms. The summed E-state index contributed by atoms with van der Waals surface area (Å²) in [5, 5.41) is 5.60. The van der Waals surface area contributed by atoms with Crippen molar-refractivity contribution >= 4 is 16.5 Å². The highest BCUT2D eigenvalue weighted by molar-refractivity contribution is 5.95. The number of rotatable bonds is 8. The molecule has 0 aliphatic carbocycles. The number of aryl methyl sites for hydroxylation is 1. The number of quaternary nitrogens is 1. The third-order valence-corrected chi connectivity index (χ3v) is 3.81. The third kappa shape index (κ3) is 6.09. The Morgan fingerprint density at radius 2 is 2.00 bits per heavy atom. The molecule has 1 heterocycles. The first kappa shape index (κ1) is 21.0. The minimum absolute atomic E-state index is 0. The number of benzene rings is 1. The smallest absolute Gasteiger partial charge is 0.221 e. The molecule has 0 saturated heterocycles. The van der Waals surface area contributed by atoms with Gasteiger partial charge in [-0.1, -0.05) is 30.6 Å². The summed E-state index contributed by atoms with van der Waals surface area (Å²) >= 11 is 0. The maximum absolute atomic E-state index is 8.80. The molecule has 136 valence electrons. The number of likely N-dealkylation sites (N-methyl/N-ethyl adjacent to an activating group) is 1. The Kier molecular flexibility index (Phi) is 7.97. The summed E-state index contributed by atoms with van der Waals surface area (Å²) in [4.78, 5) is 7.63. The molecule has 0 aliphatic rings. The first-order valence-electron chi connectivity index (χ1n) is 8.35. The molecule has 0 unspecified atom stereocenters. The Bertz CT molecular complexity index is 751. The molecule has 0 radical (unpaired) electrons. The van der Waals surface area contributed by atoms with Gasteiger partial charge in [-0.25, -0.2) is 4.98 Å². The van der Waals surface area contributed by atoms with Crippen LogP contribution in [0.3, 0.4) is 0 Å². The van der Waals surface area contributed by atoms with Crippen molar-refractivity contribution in [2.75, 3.05) is 34.3 Å². The largest absolute Gasteiger partial charge is 1.00 e. The van der Waals surface area contributed by atoms with Crippen molar-refractivity contribution in [1.82, 2.24) is 4.98 Å². The van der Waals surface area contributed by atoms with Crippen LogP contribution in [-0.4, -0.2) is 43.8 Å². The number of unbranched alkanes of at least 4 members (excludes halogenated alkanes) is 1. The van der Waals surface area contributed by atoms with Gasteiger partial charge in [-0.3, -0.25) is 0 Å². The zero-order valence-corrected chi connectivity index (χ0v) is 16.1. The van der Waals surface area contributed by atoms with Crippen LogP contribution < -0.4 is 17.1 Å². The molecule has 7 heteroatoms. The van der Waals surface area contributed by atoms with Gasteiger partial charge in [0.15, 0.2) is 0 Å². The van der Waals surface area contributed by atoms with Crippen LogP contribution >= 0.6 is 0 Å². The van der Waals surface area contributed by atoms with Crippen LogP contribution in [0.25, 0.3) is 21.2 Å². The van der Waals surface area contributed by atoms with Gasteiger partial charge in [-0.15, -0.1) is 0 Å². The second kappa shape index (κ2) is 9.47. The van der Waals surface area contributed by atoms with Gasteiger partial charge in [0.2, 0.25) is 5.88 Å². The minimum Gasteiger partial charge on any atom is -1.00 e. The quantitative estimate of drug-likeness (QED) is 0.309.